The molecule has 0 saturated carbocycles. The van der Waals surface area contributed by atoms with Gasteiger partial charge in [-0.2, -0.15) is 9.67 Å². The minimum atomic E-state index is -5.20. The van der Waals surface area contributed by atoms with Crippen LogP contribution in [0.5, 0.6) is 0 Å². The Balaban J connectivity index is 1.21. The SMILES string of the molecule is Nc1nc2c(nnn2[C@@H]2O[C@@H]3COP(O)(=S)O[C@H]4[C@H](F)[C@H](n5cnc6c(N)ccnc65)O[C@@H]4COP(=O)(O)O[C@@H]2[C@H]3F)c(=O)[nH]1. The lowest BCUT2D eigenvalue weighted by molar-refractivity contribution is -0.0680. The quantitative estimate of drug-likeness (QED) is 0.169. The van der Waals surface area contributed by atoms with E-state index in [-0.39, 0.29) is 34.0 Å². The summed E-state index contributed by atoms with van der Waals surface area (Å²) in [6, 6.07) is 1.49. The molecule has 20 nitrogen and oxygen atoms in total. The summed E-state index contributed by atoms with van der Waals surface area (Å²) in [4.78, 5) is 48.1. The number of aromatic amines is 1. The van der Waals surface area contributed by atoms with Crippen molar-refractivity contribution < 1.29 is 50.7 Å². The molecular formula is C20H22F2N10O10P2S. The second-order valence-electron chi connectivity index (χ2n) is 10.1. The van der Waals surface area contributed by atoms with E-state index in [0.717, 1.165) is 4.68 Å². The summed E-state index contributed by atoms with van der Waals surface area (Å²) >= 11 is 5.08. The molecule has 0 aromatic carbocycles. The van der Waals surface area contributed by atoms with Crippen molar-refractivity contribution in [3.8, 4) is 0 Å². The van der Waals surface area contributed by atoms with Crippen molar-refractivity contribution in [3.63, 3.8) is 0 Å². The topological polar surface area (TPSA) is 272 Å². The number of phosphoric acid groups is 1. The average Bonchev–Trinajstić information content (AvgIpc) is 3.72. The summed E-state index contributed by atoms with van der Waals surface area (Å²) in [6.07, 6.45) is -11.7. The van der Waals surface area contributed by atoms with Gasteiger partial charge in [0.1, 0.15) is 29.9 Å². The minimum Gasteiger partial charge on any atom is -0.397 e. The van der Waals surface area contributed by atoms with Crippen LogP contribution in [0.2, 0.25) is 0 Å². The number of ether oxygens (including phenoxy) is 2. The maximum Gasteiger partial charge on any atom is 0.472 e. The second-order valence-corrected chi connectivity index (χ2v) is 14.3. The fraction of sp³-hybridized carbons (Fsp3) is 0.500. The minimum absolute atomic E-state index is 0.154. The van der Waals surface area contributed by atoms with Gasteiger partial charge in [-0.15, -0.1) is 5.10 Å². The van der Waals surface area contributed by atoms with Gasteiger partial charge in [0.25, 0.3) is 5.56 Å². The molecular weight excluding hydrogens is 672 g/mol. The van der Waals surface area contributed by atoms with Gasteiger partial charge in [0.2, 0.25) is 5.95 Å². The number of hydrogen-bond acceptors (Lipinski definition) is 16. The van der Waals surface area contributed by atoms with Gasteiger partial charge in [-0.05, 0) is 17.9 Å². The van der Waals surface area contributed by atoms with Gasteiger partial charge >= 0.3 is 14.5 Å². The van der Waals surface area contributed by atoms with Gasteiger partial charge in [-0.1, -0.05) is 5.21 Å². The summed E-state index contributed by atoms with van der Waals surface area (Å²) in [5.41, 5.74) is 10.9. The molecule has 3 saturated heterocycles. The fourth-order valence-electron chi connectivity index (χ4n) is 5.19. The lowest BCUT2D eigenvalue weighted by Crippen LogP contribution is -2.34. The molecule has 0 aliphatic carbocycles. The van der Waals surface area contributed by atoms with Crippen molar-refractivity contribution in [2.45, 2.75) is 49.2 Å². The molecule has 7 rings (SSSR count). The van der Waals surface area contributed by atoms with Gasteiger partial charge in [0.15, 0.2) is 41.6 Å². The van der Waals surface area contributed by atoms with E-state index in [1.807, 2.05) is 0 Å². The number of anilines is 2. The largest absolute Gasteiger partial charge is 0.472 e. The van der Waals surface area contributed by atoms with Crippen LogP contribution in [-0.4, -0.2) is 99.3 Å². The Kier molecular flexibility index (Phi) is 7.49. The molecule has 25 heteroatoms. The molecule has 3 aliphatic heterocycles. The van der Waals surface area contributed by atoms with Crippen molar-refractivity contribution in [3.05, 3.63) is 28.9 Å². The smallest absolute Gasteiger partial charge is 0.397 e. The lowest BCUT2D eigenvalue weighted by atomic mass is 10.1. The highest BCUT2D eigenvalue weighted by atomic mass is 32.5. The Bertz CT molecular complexity index is 1950. The van der Waals surface area contributed by atoms with Crippen LogP contribution in [0.15, 0.2) is 23.4 Å². The summed E-state index contributed by atoms with van der Waals surface area (Å²) in [5, 5.41) is 7.44. The number of alkyl halides is 2. The molecule has 7 N–H and O–H groups in total. The second kappa shape index (κ2) is 11.0. The van der Waals surface area contributed by atoms with E-state index >= 15 is 8.78 Å². The van der Waals surface area contributed by atoms with E-state index in [2.05, 4.69) is 30.2 Å². The van der Waals surface area contributed by atoms with Gasteiger partial charge in [0, 0.05) is 6.20 Å². The monoisotopic (exact) mass is 694 g/mol. The third-order valence-electron chi connectivity index (χ3n) is 7.21. The van der Waals surface area contributed by atoms with Crippen molar-refractivity contribution in [1.82, 2.24) is 39.5 Å². The Morgan fingerprint density at radius 3 is 2.56 bits per heavy atom. The van der Waals surface area contributed by atoms with E-state index in [0.29, 0.717) is 0 Å². The number of H-pyrrole nitrogens is 1. The number of halogens is 2. The normalized spacial score (nSPS) is 37.7. The summed E-state index contributed by atoms with van der Waals surface area (Å²) < 4.78 is 79.4. The first-order valence-corrected chi connectivity index (χ1v) is 17.0. The first-order chi connectivity index (χ1) is 21.3. The van der Waals surface area contributed by atoms with E-state index in [9.17, 15) is 19.1 Å². The van der Waals surface area contributed by atoms with E-state index in [1.165, 1.54) is 23.2 Å². The number of hydrogen-bond donors (Lipinski definition) is 5. The van der Waals surface area contributed by atoms with Gasteiger partial charge in [0.05, 0.1) is 25.2 Å². The number of pyridine rings is 1. The number of nitrogens with two attached hydrogens (primary N) is 2. The number of fused-ring (bicyclic) bond motifs is 5. The maximum absolute atomic E-state index is 16.0. The number of aromatic nitrogens is 8. The van der Waals surface area contributed by atoms with Crippen molar-refractivity contribution >= 4 is 60.3 Å². The van der Waals surface area contributed by atoms with Crippen LogP contribution < -0.4 is 17.0 Å². The highest BCUT2D eigenvalue weighted by molar-refractivity contribution is 8.07. The number of rotatable bonds is 2. The number of nitrogens with zero attached hydrogens (tertiary/aromatic N) is 7. The summed E-state index contributed by atoms with van der Waals surface area (Å²) in [5.74, 6) is -0.335. The van der Waals surface area contributed by atoms with Gasteiger partial charge in [-0.25, -0.2) is 23.3 Å². The van der Waals surface area contributed by atoms with Crippen LogP contribution in [0.25, 0.3) is 22.3 Å². The fourth-order valence-corrected chi connectivity index (χ4v) is 7.55. The molecule has 2 unspecified atom stereocenters. The van der Waals surface area contributed by atoms with Crippen LogP contribution in [0.3, 0.4) is 0 Å². The van der Waals surface area contributed by atoms with Crippen LogP contribution in [-0.2, 0) is 43.9 Å². The number of nitrogen functional groups attached to an aromatic ring is 2. The predicted molar refractivity (Wildman–Crippen MR) is 148 cm³/mol. The van der Waals surface area contributed by atoms with E-state index in [1.54, 1.807) is 0 Å². The Labute approximate surface area is 253 Å². The van der Waals surface area contributed by atoms with E-state index in [4.69, 9.17) is 50.8 Å². The Morgan fingerprint density at radius 2 is 1.76 bits per heavy atom. The summed E-state index contributed by atoms with van der Waals surface area (Å²) in [6.45, 7) is -6.04. The first kappa shape index (κ1) is 30.6. The van der Waals surface area contributed by atoms with E-state index < -0.39 is 82.5 Å². The van der Waals surface area contributed by atoms with Crippen LogP contribution in [0.1, 0.15) is 12.5 Å². The van der Waals surface area contributed by atoms with Crippen molar-refractivity contribution in [2.75, 3.05) is 24.7 Å². The van der Waals surface area contributed by atoms with Crippen molar-refractivity contribution in [2.24, 2.45) is 0 Å². The zero-order chi connectivity index (χ0) is 31.8. The van der Waals surface area contributed by atoms with Crippen molar-refractivity contribution in [1.29, 1.82) is 0 Å². The predicted octanol–water partition coefficient (Wildman–Crippen LogP) is -0.271. The van der Waals surface area contributed by atoms with Gasteiger partial charge in [-0.3, -0.25) is 27.9 Å². The molecule has 3 aliphatic rings. The molecule has 2 bridgehead atoms. The highest BCUT2D eigenvalue weighted by Crippen LogP contribution is 2.54. The number of imidazole rings is 1. The number of phosphoric ester groups is 1. The molecule has 0 amide bonds. The molecule has 4 aromatic heterocycles. The van der Waals surface area contributed by atoms with Crippen LogP contribution >= 0.6 is 14.5 Å². The maximum atomic E-state index is 16.0. The molecule has 242 valence electrons. The molecule has 3 fully saturated rings. The molecule has 45 heavy (non-hydrogen) atoms. The number of nitrogens with one attached hydrogen (secondary N) is 1. The molecule has 7 heterocycles. The lowest BCUT2D eigenvalue weighted by Gasteiger charge is -2.26. The molecule has 0 spiro atoms. The highest BCUT2D eigenvalue weighted by Gasteiger charge is 2.54. The van der Waals surface area contributed by atoms with Gasteiger partial charge < -0.3 is 35.3 Å². The van der Waals surface area contributed by atoms with Crippen LogP contribution in [0.4, 0.5) is 20.4 Å². The standard InChI is InChI=1S/C20H22F2N10O10P2S/c21-9-7-3-38-44(36,45)42-13-8(40-18(10(13)22)31-5-26-11-6(23)1-2-25-15(11)31)4-37-43(34,35)41-14(9)19(39-7)32-16-12(29-30-32)17(33)28-20(24)27-16/h1-2,5,7-10,13-14,18-19H,3-4H2,(H2,23,25)(H,34,35)(H,36,45)(H3,24,27,28,33)/t7-,8-,9+,10+,13-,14-,18-,19-,44?/m1/s1. The first-order valence-electron chi connectivity index (χ1n) is 12.9. The third-order valence-corrected chi connectivity index (χ3v) is 9.75. The zero-order valence-corrected chi connectivity index (χ0v) is 24.9. The van der Waals surface area contributed by atoms with Crippen LogP contribution in [0, 0.1) is 0 Å². The molecule has 10 atom stereocenters. The zero-order valence-electron chi connectivity index (χ0n) is 22.3. The molecule has 4 aromatic rings. The average molecular weight is 694 g/mol. The Morgan fingerprint density at radius 1 is 1.00 bits per heavy atom. The summed E-state index contributed by atoms with van der Waals surface area (Å²) in [7, 11) is -5.20. The Hall–Kier alpha value is -3.08. The third kappa shape index (κ3) is 5.42. The molecule has 0 radical (unpaired) electrons.